The van der Waals surface area contributed by atoms with Crippen LogP contribution in [0.25, 0.3) is 0 Å². The normalized spacial score (nSPS) is 19.3. The van der Waals surface area contributed by atoms with Crippen LogP contribution in [0.15, 0.2) is 66.7 Å². The van der Waals surface area contributed by atoms with Gasteiger partial charge in [-0.05, 0) is 60.9 Å². The molecule has 4 bridgehead atoms. The van der Waals surface area contributed by atoms with E-state index in [1.807, 2.05) is 61.5 Å². The maximum absolute atomic E-state index is 13.4. The number of ether oxygens (including phenoxy) is 4. The molecule has 0 saturated carbocycles. The fourth-order valence-electron chi connectivity index (χ4n) is 5.44. The monoisotopic (exact) mass is 601 g/mol. The second-order valence-corrected chi connectivity index (χ2v) is 11.1. The van der Waals surface area contributed by atoms with Crippen LogP contribution in [0.3, 0.4) is 0 Å². The lowest BCUT2D eigenvalue weighted by Gasteiger charge is -2.25. The lowest BCUT2D eigenvalue weighted by molar-refractivity contribution is -0.137. The number of rotatable bonds is 5. The number of methoxy groups -OCH3 is 2. The van der Waals surface area contributed by atoms with Crippen molar-refractivity contribution < 1.29 is 33.3 Å². The highest BCUT2D eigenvalue weighted by Crippen LogP contribution is 2.33. The molecule has 2 aliphatic heterocycles. The molecule has 1 saturated heterocycles. The number of nitrogens with one attached hydrogen (secondary N) is 1. The molecule has 2 atom stereocenters. The molecule has 0 aliphatic carbocycles. The van der Waals surface area contributed by atoms with Gasteiger partial charge in [0.25, 0.3) is 5.91 Å². The Labute approximate surface area is 257 Å². The maximum atomic E-state index is 13.4. The molecule has 3 aromatic rings. The average Bonchev–Trinajstić information content (AvgIpc) is 3.43. The molecule has 0 unspecified atom stereocenters. The number of amides is 3. The topological polar surface area (TPSA) is 107 Å². The Balaban J connectivity index is 1.42. The molecule has 1 N–H and O–H groups in total. The van der Waals surface area contributed by atoms with Crippen LogP contribution < -0.4 is 14.8 Å². The average molecular weight is 602 g/mol. The Morgan fingerprint density at radius 3 is 2.57 bits per heavy atom. The number of aryl methyl sites for hydroxylation is 2. The number of carbonyl (C=O) groups excluding carboxylic acids is 3. The summed E-state index contributed by atoms with van der Waals surface area (Å²) in [7, 11) is 3.14. The van der Waals surface area contributed by atoms with Crippen LogP contribution in [0.4, 0.5) is 0 Å². The van der Waals surface area contributed by atoms with E-state index in [0.29, 0.717) is 42.4 Å². The minimum absolute atomic E-state index is 0.128. The summed E-state index contributed by atoms with van der Waals surface area (Å²) in [4.78, 5) is 43.2. The zero-order valence-electron chi connectivity index (χ0n) is 25.4. The highest BCUT2D eigenvalue weighted by molar-refractivity contribution is 5.94. The first kappa shape index (κ1) is 31.0. The van der Waals surface area contributed by atoms with E-state index in [4.69, 9.17) is 18.9 Å². The van der Waals surface area contributed by atoms with Crippen LogP contribution in [-0.4, -0.2) is 86.7 Å². The van der Waals surface area contributed by atoms with Crippen molar-refractivity contribution >= 4 is 17.7 Å². The number of fused-ring (bicyclic) bond motifs is 5. The van der Waals surface area contributed by atoms with Gasteiger partial charge in [-0.1, -0.05) is 35.9 Å². The van der Waals surface area contributed by atoms with Crippen LogP contribution in [0, 0.1) is 6.92 Å². The van der Waals surface area contributed by atoms with Gasteiger partial charge in [0, 0.05) is 38.7 Å². The van der Waals surface area contributed by atoms with Gasteiger partial charge in [0.1, 0.15) is 5.75 Å². The van der Waals surface area contributed by atoms with Crippen molar-refractivity contribution in [3.63, 3.8) is 0 Å². The van der Waals surface area contributed by atoms with E-state index in [2.05, 4.69) is 5.32 Å². The van der Waals surface area contributed by atoms with Crippen molar-refractivity contribution in [3.8, 4) is 17.2 Å². The van der Waals surface area contributed by atoms with Crippen LogP contribution in [0.1, 0.15) is 33.5 Å². The molecule has 10 heteroatoms. The number of carbonyl (C=O) groups is 3. The molecular weight excluding hydrogens is 562 g/mol. The van der Waals surface area contributed by atoms with Gasteiger partial charge in [-0.3, -0.25) is 14.4 Å². The Bertz CT molecular complexity index is 1480. The van der Waals surface area contributed by atoms with Gasteiger partial charge in [0.15, 0.2) is 11.5 Å². The third-order valence-corrected chi connectivity index (χ3v) is 7.90. The Kier molecular flexibility index (Phi) is 10.1. The minimum atomic E-state index is -0.461. The van der Waals surface area contributed by atoms with Gasteiger partial charge in [0.2, 0.25) is 11.8 Å². The number of likely N-dealkylation sites (tertiary alicyclic amines) is 1. The van der Waals surface area contributed by atoms with Gasteiger partial charge in [-0.15, -0.1) is 0 Å². The minimum Gasteiger partial charge on any atom is -0.493 e. The van der Waals surface area contributed by atoms with Gasteiger partial charge in [-0.25, -0.2) is 0 Å². The summed E-state index contributed by atoms with van der Waals surface area (Å²) in [5, 5.41) is 3.05. The molecule has 2 heterocycles. The van der Waals surface area contributed by atoms with Gasteiger partial charge < -0.3 is 34.1 Å². The highest BCUT2D eigenvalue weighted by atomic mass is 16.5. The Hall–Kier alpha value is -4.41. The van der Waals surface area contributed by atoms with Gasteiger partial charge in [-0.2, -0.15) is 0 Å². The first-order valence-electron chi connectivity index (χ1n) is 14.8. The summed E-state index contributed by atoms with van der Waals surface area (Å²) in [6, 6.07) is 20.1. The molecule has 3 aromatic carbocycles. The highest BCUT2D eigenvalue weighted by Gasteiger charge is 2.37. The summed E-state index contributed by atoms with van der Waals surface area (Å²) in [6.45, 7) is 3.25. The zero-order valence-corrected chi connectivity index (χ0v) is 25.4. The fourth-order valence-corrected chi connectivity index (χ4v) is 5.44. The van der Waals surface area contributed by atoms with Crippen molar-refractivity contribution in [2.75, 3.05) is 47.0 Å². The quantitative estimate of drug-likeness (QED) is 0.475. The molecule has 3 amide bonds. The van der Waals surface area contributed by atoms with Crippen LogP contribution in [-0.2, 0) is 32.1 Å². The number of benzene rings is 3. The van der Waals surface area contributed by atoms with E-state index < -0.39 is 12.1 Å². The summed E-state index contributed by atoms with van der Waals surface area (Å²) in [5.74, 6) is 1.10. The first-order chi connectivity index (χ1) is 21.3. The summed E-state index contributed by atoms with van der Waals surface area (Å²) >= 11 is 0. The molecule has 44 heavy (non-hydrogen) atoms. The van der Waals surface area contributed by atoms with Crippen molar-refractivity contribution in [3.05, 3.63) is 89.0 Å². The number of hydrogen-bond acceptors (Lipinski definition) is 7. The molecule has 232 valence electrons. The van der Waals surface area contributed by atoms with E-state index in [1.54, 1.807) is 31.3 Å². The summed E-state index contributed by atoms with van der Waals surface area (Å²) < 4.78 is 23.3. The third-order valence-electron chi connectivity index (χ3n) is 7.90. The Morgan fingerprint density at radius 1 is 0.977 bits per heavy atom. The summed E-state index contributed by atoms with van der Waals surface area (Å²) in [6.07, 6.45) is 0.197. The molecule has 0 radical (unpaired) electrons. The number of hydrogen-bond donors (Lipinski definition) is 1. The van der Waals surface area contributed by atoms with E-state index in [-0.39, 0.29) is 50.4 Å². The van der Waals surface area contributed by atoms with Crippen molar-refractivity contribution in [1.82, 2.24) is 15.1 Å². The van der Waals surface area contributed by atoms with Crippen molar-refractivity contribution in [2.24, 2.45) is 0 Å². The summed E-state index contributed by atoms with van der Waals surface area (Å²) in [5.41, 5.74) is 3.42. The molecule has 1 fully saturated rings. The van der Waals surface area contributed by atoms with E-state index in [9.17, 15) is 14.4 Å². The Morgan fingerprint density at radius 2 is 1.80 bits per heavy atom. The van der Waals surface area contributed by atoms with Gasteiger partial charge >= 0.3 is 0 Å². The van der Waals surface area contributed by atoms with Crippen LogP contribution in [0.2, 0.25) is 0 Å². The van der Waals surface area contributed by atoms with Crippen LogP contribution in [0.5, 0.6) is 17.2 Å². The molecule has 0 spiro atoms. The standard InChI is InChI=1S/C34H39N3O7/c1-23-7-11-26(12-8-23)34(40)37-19-28-31(20-37)43-22-25-5-4-6-27(17-25)44-30-18-24(9-13-29(30)42-3)10-14-33(39)36(15-16-41-2)21-32(38)35-28/h4-9,11-13,17-18,28,31H,10,14-16,19-22H2,1-3H3,(H,35,38)/t28-,31-/m0/s1. The van der Waals surface area contributed by atoms with Gasteiger partial charge in [0.05, 0.1) is 39.0 Å². The predicted octanol–water partition coefficient (Wildman–Crippen LogP) is 3.74. The van der Waals surface area contributed by atoms with E-state index >= 15 is 0 Å². The molecule has 2 aliphatic rings. The molecule has 0 aromatic heterocycles. The van der Waals surface area contributed by atoms with Crippen molar-refractivity contribution in [2.45, 2.75) is 38.5 Å². The predicted molar refractivity (Wildman–Crippen MR) is 164 cm³/mol. The lowest BCUT2D eigenvalue weighted by atomic mass is 10.1. The maximum Gasteiger partial charge on any atom is 0.254 e. The van der Waals surface area contributed by atoms with Crippen molar-refractivity contribution in [1.29, 1.82) is 0 Å². The van der Waals surface area contributed by atoms with E-state index in [1.165, 1.54) is 4.90 Å². The third kappa shape index (κ3) is 7.75. The molecule has 10 nitrogen and oxygen atoms in total. The lowest BCUT2D eigenvalue weighted by Crippen LogP contribution is -2.49. The zero-order chi connectivity index (χ0) is 31.1. The fraction of sp³-hybridized carbons (Fsp3) is 0.382. The molecular formula is C34H39N3O7. The smallest absolute Gasteiger partial charge is 0.254 e. The second-order valence-electron chi connectivity index (χ2n) is 11.1. The van der Waals surface area contributed by atoms with E-state index in [0.717, 1.165) is 16.7 Å². The molecule has 5 rings (SSSR count). The second kappa shape index (κ2) is 14.4. The SMILES string of the molecule is COCCN1CC(=O)N[C@H]2CN(C(=O)c3ccc(C)cc3)C[C@@H]2OCc2cccc(c2)Oc2cc(ccc2OC)CCC1=O. The van der Waals surface area contributed by atoms with Crippen LogP contribution >= 0.6 is 0 Å². The largest absolute Gasteiger partial charge is 0.493 e. The first-order valence-corrected chi connectivity index (χ1v) is 14.8. The number of nitrogens with zero attached hydrogens (tertiary/aromatic N) is 2.